The van der Waals surface area contributed by atoms with Crippen molar-refractivity contribution in [1.82, 2.24) is 0 Å². The monoisotopic (exact) mass is 803 g/mol. The van der Waals surface area contributed by atoms with Crippen LogP contribution in [0.25, 0.3) is 55.3 Å². The van der Waals surface area contributed by atoms with E-state index >= 15 is 0 Å². The first-order valence-electron chi connectivity index (χ1n) is 22.1. The number of benzene rings is 10. The summed E-state index contributed by atoms with van der Waals surface area (Å²) in [6.07, 6.45) is 0. The Morgan fingerprint density at radius 1 is 0.333 bits per heavy atom. The van der Waals surface area contributed by atoms with E-state index in [9.17, 15) is 0 Å². The molecule has 0 N–H and O–H groups in total. The number of anilines is 3. The second-order valence-corrected chi connectivity index (χ2v) is 17.6. The average molecular weight is 804 g/mol. The van der Waals surface area contributed by atoms with Gasteiger partial charge in [0.2, 0.25) is 0 Å². The van der Waals surface area contributed by atoms with Gasteiger partial charge in [-0.15, -0.1) is 0 Å². The maximum atomic E-state index is 2.57. The third-order valence-electron chi connectivity index (χ3n) is 13.9. The van der Waals surface area contributed by atoms with E-state index in [1.54, 1.807) is 0 Å². The molecule has 0 amide bonds. The van der Waals surface area contributed by atoms with E-state index in [1.165, 1.54) is 94.3 Å². The fraction of sp³-hybridized carbons (Fsp3) is 0.0645. The van der Waals surface area contributed by atoms with Gasteiger partial charge in [-0.2, -0.15) is 0 Å². The summed E-state index contributed by atoms with van der Waals surface area (Å²) >= 11 is 0. The van der Waals surface area contributed by atoms with E-state index in [0.717, 1.165) is 11.4 Å². The molecule has 12 rings (SSSR count). The van der Waals surface area contributed by atoms with Gasteiger partial charge in [-0.1, -0.05) is 226 Å². The maximum Gasteiger partial charge on any atom is 0.0714 e. The van der Waals surface area contributed by atoms with Gasteiger partial charge in [0, 0.05) is 27.7 Å². The Morgan fingerprint density at radius 2 is 0.810 bits per heavy atom. The predicted octanol–water partition coefficient (Wildman–Crippen LogP) is 16.3. The van der Waals surface area contributed by atoms with Crippen LogP contribution < -0.4 is 4.90 Å². The van der Waals surface area contributed by atoms with Crippen molar-refractivity contribution in [2.75, 3.05) is 4.90 Å². The molecule has 1 nitrogen and oxygen atoms in total. The minimum atomic E-state index is -0.543. The minimum absolute atomic E-state index is 0.208. The molecule has 0 saturated heterocycles. The van der Waals surface area contributed by atoms with Gasteiger partial charge in [0.05, 0.1) is 11.1 Å². The highest BCUT2D eigenvalue weighted by Crippen LogP contribution is 2.61. The van der Waals surface area contributed by atoms with Crippen LogP contribution in [0.4, 0.5) is 17.1 Å². The molecular weight excluding hydrogens is 759 g/mol. The largest absolute Gasteiger partial charge is 0.309 e. The molecule has 0 spiro atoms. The molecule has 0 aromatic heterocycles. The van der Waals surface area contributed by atoms with E-state index in [2.05, 4.69) is 255 Å². The number of fused-ring (bicyclic) bond motifs is 8. The van der Waals surface area contributed by atoms with Crippen LogP contribution in [0.2, 0.25) is 0 Å². The van der Waals surface area contributed by atoms with Crippen LogP contribution in [0.1, 0.15) is 47.2 Å². The van der Waals surface area contributed by atoms with E-state index in [-0.39, 0.29) is 5.41 Å². The van der Waals surface area contributed by atoms with Gasteiger partial charge < -0.3 is 4.90 Å². The quantitative estimate of drug-likeness (QED) is 0.155. The van der Waals surface area contributed by atoms with Crippen molar-refractivity contribution in [3.63, 3.8) is 0 Å². The summed E-state index contributed by atoms with van der Waals surface area (Å²) in [5.74, 6) is 0. The molecule has 2 aliphatic carbocycles. The highest BCUT2D eigenvalue weighted by Gasteiger charge is 2.47. The molecular formula is C62H45N. The van der Waals surface area contributed by atoms with Gasteiger partial charge >= 0.3 is 0 Å². The lowest BCUT2D eigenvalue weighted by atomic mass is 9.67. The Bertz CT molecular complexity index is 3290. The van der Waals surface area contributed by atoms with Crippen LogP contribution in [0.5, 0.6) is 0 Å². The molecule has 0 saturated carbocycles. The van der Waals surface area contributed by atoms with E-state index in [1.807, 2.05) is 0 Å². The standard InChI is InChI=1S/C62H45N/c1-61(2)54-33-19-18-32-53(54)58-57(44-23-9-4-10-24-44)60(52-31-16-15-30-51(52)59(58)61)63(47-37-35-43(36-38-47)42-21-7-3-8-22-42)48-39-40-50-49-29-17-20-34-55(49)62(56(50)41-48,45-25-11-5-12-26-45)46-27-13-6-14-28-46/h3-41H,1-2H3. The summed E-state index contributed by atoms with van der Waals surface area (Å²) in [5.41, 5.74) is 20.5. The third kappa shape index (κ3) is 5.49. The molecule has 0 atom stereocenters. The fourth-order valence-corrected chi connectivity index (χ4v) is 11.3. The van der Waals surface area contributed by atoms with E-state index in [0.29, 0.717) is 0 Å². The average Bonchev–Trinajstić information content (AvgIpc) is 3.78. The van der Waals surface area contributed by atoms with E-state index < -0.39 is 5.41 Å². The van der Waals surface area contributed by atoms with Crippen molar-refractivity contribution in [1.29, 1.82) is 0 Å². The highest BCUT2D eigenvalue weighted by molar-refractivity contribution is 6.16. The zero-order valence-electron chi connectivity index (χ0n) is 35.5. The zero-order chi connectivity index (χ0) is 42.1. The van der Waals surface area contributed by atoms with Crippen LogP contribution >= 0.6 is 0 Å². The maximum absolute atomic E-state index is 2.57. The van der Waals surface area contributed by atoms with E-state index in [4.69, 9.17) is 0 Å². The van der Waals surface area contributed by atoms with Gasteiger partial charge in [-0.3, -0.25) is 0 Å². The SMILES string of the molecule is CC1(C)c2ccccc2-c2c(-c3ccccc3)c(N(c3ccc(-c4ccccc4)cc3)c3ccc4c(c3)C(c3ccccc3)(c3ccccc3)c3ccccc3-4)c3ccccc3c21. The van der Waals surface area contributed by atoms with Crippen molar-refractivity contribution in [2.24, 2.45) is 0 Å². The predicted molar refractivity (Wildman–Crippen MR) is 264 cm³/mol. The lowest BCUT2D eigenvalue weighted by molar-refractivity contribution is 0.666. The molecule has 10 aromatic rings. The second kappa shape index (κ2) is 14.4. The van der Waals surface area contributed by atoms with Gasteiger partial charge in [-0.25, -0.2) is 0 Å². The Hall–Kier alpha value is -7.74. The van der Waals surface area contributed by atoms with Crippen LogP contribution in [0, 0.1) is 0 Å². The van der Waals surface area contributed by atoms with Crippen molar-refractivity contribution in [2.45, 2.75) is 24.7 Å². The Labute approximate surface area is 370 Å². The Morgan fingerprint density at radius 3 is 1.46 bits per heavy atom. The lowest BCUT2D eigenvalue weighted by Gasteiger charge is -2.36. The summed E-state index contributed by atoms with van der Waals surface area (Å²) in [6, 6.07) is 87.8. The van der Waals surface area contributed by atoms with Gasteiger partial charge in [0.1, 0.15) is 0 Å². The number of hydrogen-bond acceptors (Lipinski definition) is 1. The first kappa shape index (κ1) is 37.1. The third-order valence-corrected chi connectivity index (χ3v) is 13.9. The molecule has 0 bridgehead atoms. The van der Waals surface area contributed by atoms with Crippen molar-refractivity contribution in [3.8, 4) is 44.5 Å². The summed E-state index contributed by atoms with van der Waals surface area (Å²) in [7, 11) is 0. The Kier molecular flexibility index (Phi) is 8.49. The minimum Gasteiger partial charge on any atom is -0.309 e. The highest BCUT2D eigenvalue weighted by atomic mass is 15.1. The molecule has 63 heavy (non-hydrogen) atoms. The van der Waals surface area contributed by atoms with Crippen molar-refractivity contribution in [3.05, 3.63) is 270 Å². The summed E-state index contributed by atoms with van der Waals surface area (Å²) in [5, 5.41) is 2.51. The Balaban J connectivity index is 1.22. The first-order valence-corrected chi connectivity index (χ1v) is 22.1. The van der Waals surface area contributed by atoms with Gasteiger partial charge in [0.25, 0.3) is 0 Å². The van der Waals surface area contributed by atoms with Crippen molar-refractivity contribution < 1.29 is 0 Å². The van der Waals surface area contributed by atoms with Crippen LogP contribution in [0.15, 0.2) is 237 Å². The first-order chi connectivity index (χ1) is 31.0. The second-order valence-electron chi connectivity index (χ2n) is 17.6. The topological polar surface area (TPSA) is 3.24 Å². The molecule has 10 aromatic carbocycles. The summed E-state index contributed by atoms with van der Waals surface area (Å²) in [6.45, 7) is 4.81. The normalized spacial score (nSPS) is 13.8. The molecule has 0 radical (unpaired) electrons. The lowest BCUT2D eigenvalue weighted by Crippen LogP contribution is -2.28. The number of hydrogen-bond donors (Lipinski definition) is 0. The molecule has 1 heteroatoms. The molecule has 0 unspecified atom stereocenters. The smallest absolute Gasteiger partial charge is 0.0714 e. The molecule has 0 fully saturated rings. The number of rotatable bonds is 7. The van der Waals surface area contributed by atoms with Gasteiger partial charge in [0.15, 0.2) is 0 Å². The fourth-order valence-electron chi connectivity index (χ4n) is 11.3. The molecule has 0 heterocycles. The summed E-state index contributed by atoms with van der Waals surface area (Å²) in [4.78, 5) is 2.57. The molecule has 298 valence electrons. The zero-order valence-corrected chi connectivity index (χ0v) is 35.5. The van der Waals surface area contributed by atoms with Gasteiger partial charge in [-0.05, 0) is 102 Å². The molecule has 2 aliphatic rings. The van der Waals surface area contributed by atoms with Crippen LogP contribution in [0.3, 0.4) is 0 Å². The van der Waals surface area contributed by atoms with Crippen LogP contribution in [-0.4, -0.2) is 0 Å². The van der Waals surface area contributed by atoms with Crippen LogP contribution in [-0.2, 0) is 10.8 Å². The summed E-state index contributed by atoms with van der Waals surface area (Å²) < 4.78 is 0. The molecule has 0 aliphatic heterocycles. The van der Waals surface area contributed by atoms with Crippen molar-refractivity contribution >= 4 is 27.8 Å². The number of nitrogens with zero attached hydrogens (tertiary/aromatic N) is 1.